The van der Waals surface area contributed by atoms with E-state index in [1.807, 2.05) is 10.6 Å². The molecule has 1 saturated carbocycles. The minimum absolute atomic E-state index is 0.0595. The van der Waals surface area contributed by atoms with Crippen molar-refractivity contribution in [2.24, 2.45) is 7.05 Å². The Morgan fingerprint density at radius 3 is 3.00 bits per heavy atom. The summed E-state index contributed by atoms with van der Waals surface area (Å²) in [5.41, 5.74) is 2.12. The van der Waals surface area contributed by atoms with E-state index in [1.54, 1.807) is 17.7 Å². The summed E-state index contributed by atoms with van der Waals surface area (Å²) >= 11 is 8.86. The Labute approximate surface area is 145 Å². The molecule has 0 radical (unpaired) electrons. The molecule has 120 valence electrons. The molecule has 7 heteroatoms. The zero-order valence-electron chi connectivity index (χ0n) is 12.3. The summed E-state index contributed by atoms with van der Waals surface area (Å²) in [6.45, 7) is 0.618. The van der Waals surface area contributed by atoms with Crippen LogP contribution in [0.1, 0.15) is 29.3 Å². The standard InChI is InChI=1S/C16H14BrFN2O2S/c1-19-12(5-13(21)22)14-10-6-16(10,7-20(14)15(19)23)9-4-8(17)2-3-11(9)18/h2-4,10H,5-7H2,1H3,(H,21,22)/t10?,16-/m1/s1. The number of rotatable bonds is 3. The van der Waals surface area contributed by atoms with Crippen LogP contribution in [0, 0.1) is 10.6 Å². The Bertz CT molecular complexity index is 920. The highest BCUT2D eigenvalue weighted by Gasteiger charge is 2.63. The third kappa shape index (κ3) is 1.99. The van der Waals surface area contributed by atoms with Crippen molar-refractivity contribution in [3.05, 3.63) is 50.2 Å². The highest BCUT2D eigenvalue weighted by atomic mass is 79.9. The van der Waals surface area contributed by atoms with Crippen molar-refractivity contribution in [2.75, 3.05) is 0 Å². The number of aliphatic carboxylic acids is 1. The molecule has 1 aromatic carbocycles. The van der Waals surface area contributed by atoms with Gasteiger partial charge in [-0.15, -0.1) is 0 Å². The highest BCUT2D eigenvalue weighted by molar-refractivity contribution is 9.10. The van der Waals surface area contributed by atoms with Crippen LogP contribution in [-0.2, 0) is 30.2 Å². The topological polar surface area (TPSA) is 47.2 Å². The molecular weight excluding hydrogens is 383 g/mol. The van der Waals surface area contributed by atoms with E-state index in [4.69, 9.17) is 12.2 Å². The Hall–Kier alpha value is -1.47. The van der Waals surface area contributed by atoms with Crippen LogP contribution >= 0.6 is 28.1 Å². The molecule has 2 atom stereocenters. The minimum atomic E-state index is -0.879. The lowest BCUT2D eigenvalue weighted by Crippen LogP contribution is -2.15. The van der Waals surface area contributed by atoms with Crippen LogP contribution < -0.4 is 0 Å². The fourth-order valence-corrected chi connectivity index (χ4v) is 4.64. The van der Waals surface area contributed by atoms with Crippen LogP contribution in [0.3, 0.4) is 0 Å². The van der Waals surface area contributed by atoms with Gasteiger partial charge in [-0.3, -0.25) is 4.79 Å². The fourth-order valence-electron chi connectivity index (χ4n) is 4.00. The van der Waals surface area contributed by atoms with Crippen molar-refractivity contribution >= 4 is 34.1 Å². The quantitative estimate of drug-likeness (QED) is 0.807. The van der Waals surface area contributed by atoms with Gasteiger partial charge in [-0.2, -0.15) is 0 Å². The predicted molar refractivity (Wildman–Crippen MR) is 88.7 cm³/mol. The van der Waals surface area contributed by atoms with Gasteiger partial charge in [0.1, 0.15) is 5.82 Å². The number of hydrogen-bond acceptors (Lipinski definition) is 2. The van der Waals surface area contributed by atoms with Crippen molar-refractivity contribution in [1.29, 1.82) is 0 Å². The van der Waals surface area contributed by atoms with E-state index < -0.39 is 5.97 Å². The van der Waals surface area contributed by atoms with E-state index in [-0.39, 0.29) is 23.6 Å². The second-order valence-corrected chi connectivity index (χ2v) is 7.65. The molecule has 1 unspecified atom stereocenters. The number of aromatic nitrogens is 2. The summed E-state index contributed by atoms with van der Waals surface area (Å²) in [7, 11) is 1.80. The number of carboxylic acids is 1. The summed E-state index contributed by atoms with van der Waals surface area (Å²) < 4.78 is 19.6. The third-order valence-corrected chi connectivity index (χ3v) is 6.13. The third-order valence-electron chi connectivity index (χ3n) is 5.14. The molecule has 2 aliphatic rings. The predicted octanol–water partition coefficient (Wildman–Crippen LogP) is 3.52. The van der Waals surface area contributed by atoms with E-state index in [1.165, 1.54) is 6.07 Å². The molecule has 1 fully saturated rings. The summed E-state index contributed by atoms with van der Waals surface area (Å²) in [5, 5.41) is 9.17. The van der Waals surface area contributed by atoms with Crippen molar-refractivity contribution in [1.82, 2.24) is 9.13 Å². The van der Waals surface area contributed by atoms with Crippen LogP contribution in [0.5, 0.6) is 0 Å². The van der Waals surface area contributed by atoms with Gasteiger partial charge in [0.05, 0.1) is 12.1 Å². The van der Waals surface area contributed by atoms with Gasteiger partial charge in [-0.25, -0.2) is 4.39 Å². The molecule has 1 aliphatic heterocycles. The number of nitrogens with zero attached hydrogens (tertiary/aromatic N) is 2. The van der Waals surface area contributed by atoms with Gasteiger partial charge in [0.2, 0.25) is 0 Å². The number of halogens is 2. The van der Waals surface area contributed by atoms with E-state index in [0.717, 1.165) is 22.3 Å². The molecule has 1 N–H and O–H groups in total. The molecule has 2 aromatic rings. The van der Waals surface area contributed by atoms with Gasteiger partial charge in [-0.05, 0) is 42.4 Å². The average molecular weight is 397 g/mol. The van der Waals surface area contributed by atoms with Gasteiger partial charge in [-0.1, -0.05) is 15.9 Å². The second kappa shape index (κ2) is 4.77. The molecule has 0 saturated heterocycles. The van der Waals surface area contributed by atoms with Gasteiger partial charge in [0, 0.05) is 35.1 Å². The summed E-state index contributed by atoms with van der Waals surface area (Å²) in [4.78, 5) is 11.2. The Morgan fingerprint density at radius 2 is 2.30 bits per heavy atom. The first kappa shape index (κ1) is 15.1. The maximum Gasteiger partial charge on any atom is 0.309 e. The van der Waals surface area contributed by atoms with Crippen LogP contribution in [0.25, 0.3) is 0 Å². The number of carbonyl (C=O) groups is 1. The fraction of sp³-hybridized carbons (Fsp3) is 0.375. The van der Waals surface area contributed by atoms with Crippen LogP contribution in [-0.4, -0.2) is 20.2 Å². The molecule has 0 bridgehead atoms. The Kier molecular flexibility index (Phi) is 3.13. The summed E-state index contributed by atoms with van der Waals surface area (Å²) in [5.74, 6) is -0.948. The maximum atomic E-state index is 14.4. The largest absolute Gasteiger partial charge is 0.481 e. The molecule has 0 amide bonds. The molecule has 23 heavy (non-hydrogen) atoms. The van der Waals surface area contributed by atoms with Crippen LogP contribution in [0.2, 0.25) is 0 Å². The number of benzene rings is 1. The molecular formula is C16H14BrFN2O2S. The molecule has 1 aromatic heterocycles. The summed E-state index contributed by atoms with van der Waals surface area (Å²) in [6.07, 6.45) is 0.780. The van der Waals surface area contributed by atoms with Crippen LogP contribution in [0.15, 0.2) is 22.7 Å². The Morgan fingerprint density at radius 1 is 1.57 bits per heavy atom. The second-order valence-electron chi connectivity index (χ2n) is 6.37. The first-order valence-electron chi connectivity index (χ1n) is 7.31. The molecule has 4 nitrogen and oxygen atoms in total. The average Bonchev–Trinajstić information content (AvgIpc) is 3.05. The lowest BCUT2D eigenvalue weighted by atomic mass is 9.93. The smallest absolute Gasteiger partial charge is 0.309 e. The van der Waals surface area contributed by atoms with Gasteiger partial charge in [0.25, 0.3) is 0 Å². The van der Waals surface area contributed by atoms with Gasteiger partial charge < -0.3 is 14.2 Å². The molecule has 0 spiro atoms. The monoisotopic (exact) mass is 396 g/mol. The Balaban J connectivity index is 1.84. The van der Waals surface area contributed by atoms with Crippen molar-refractivity contribution < 1.29 is 14.3 Å². The summed E-state index contributed by atoms with van der Waals surface area (Å²) in [6, 6.07) is 5.00. The number of carboxylic acid groups (broad SMARTS) is 1. The van der Waals surface area contributed by atoms with E-state index in [0.29, 0.717) is 16.9 Å². The molecule has 2 heterocycles. The minimum Gasteiger partial charge on any atom is -0.481 e. The normalized spacial score (nSPS) is 24.4. The van der Waals surface area contributed by atoms with Gasteiger partial charge in [0.15, 0.2) is 4.77 Å². The zero-order valence-corrected chi connectivity index (χ0v) is 14.7. The van der Waals surface area contributed by atoms with E-state index in [9.17, 15) is 14.3 Å². The lowest BCUT2D eigenvalue weighted by Gasteiger charge is -2.15. The zero-order chi connectivity index (χ0) is 16.5. The lowest BCUT2D eigenvalue weighted by molar-refractivity contribution is -0.136. The number of hydrogen-bond donors (Lipinski definition) is 1. The van der Waals surface area contributed by atoms with E-state index in [2.05, 4.69) is 15.9 Å². The van der Waals surface area contributed by atoms with Gasteiger partial charge >= 0.3 is 5.97 Å². The van der Waals surface area contributed by atoms with Crippen molar-refractivity contribution in [3.63, 3.8) is 0 Å². The van der Waals surface area contributed by atoms with Crippen LogP contribution in [0.4, 0.5) is 4.39 Å². The first-order chi connectivity index (χ1) is 10.8. The SMILES string of the molecule is Cn1c(CC(=O)O)c2n(c1=S)C[C@@]1(c3cc(Br)ccc3F)CC21. The van der Waals surface area contributed by atoms with Crippen molar-refractivity contribution in [3.8, 4) is 0 Å². The first-order valence-corrected chi connectivity index (χ1v) is 8.51. The highest BCUT2D eigenvalue weighted by Crippen LogP contribution is 2.66. The molecule has 4 rings (SSSR count). The van der Waals surface area contributed by atoms with E-state index >= 15 is 0 Å². The van der Waals surface area contributed by atoms with Crippen molar-refractivity contribution in [2.45, 2.75) is 30.7 Å². The maximum absolute atomic E-state index is 14.4. The number of fused-ring (bicyclic) bond motifs is 3. The number of imidazole rings is 1. The molecule has 1 aliphatic carbocycles.